The Morgan fingerprint density at radius 1 is 1.38 bits per heavy atom. The Labute approximate surface area is 101 Å². The van der Waals surface area contributed by atoms with Gasteiger partial charge in [0.15, 0.2) is 0 Å². The van der Waals surface area contributed by atoms with E-state index in [-0.39, 0.29) is 5.91 Å². The van der Waals surface area contributed by atoms with Gasteiger partial charge in [-0.25, -0.2) is 0 Å². The van der Waals surface area contributed by atoms with Crippen LogP contribution in [-0.2, 0) is 4.79 Å². The highest BCUT2D eigenvalue weighted by Gasteiger charge is 2.23. The third kappa shape index (κ3) is 2.89. The summed E-state index contributed by atoms with van der Waals surface area (Å²) in [4.78, 5) is 11.8. The van der Waals surface area contributed by atoms with Crippen LogP contribution >= 0.6 is 11.6 Å². The molecule has 0 heterocycles. The van der Waals surface area contributed by atoms with E-state index in [1.54, 1.807) is 25.3 Å². The molecule has 1 amide bonds. The molecule has 0 atom stereocenters. The summed E-state index contributed by atoms with van der Waals surface area (Å²) >= 11 is 6.01. The van der Waals surface area contributed by atoms with Crippen LogP contribution in [0.4, 0.5) is 5.69 Å². The molecule has 0 saturated carbocycles. The Hall–Kier alpha value is -1.22. The number of anilines is 1. The molecule has 16 heavy (non-hydrogen) atoms. The molecule has 88 valence electrons. The quantitative estimate of drug-likeness (QED) is 0.863. The highest BCUT2D eigenvalue weighted by molar-refractivity contribution is 6.34. The molecule has 0 radical (unpaired) electrons. The van der Waals surface area contributed by atoms with Gasteiger partial charge in [-0.15, -0.1) is 0 Å². The van der Waals surface area contributed by atoms with Crippen molar-refractivity contribution in [3.63, 3.8) is 0 Å². The lowest BCUT2D eigenvalue weighted by Crippen LogP contribution is -2.27. The van der Waals surface area contributed by atoms with E-state index in [4.69, 9.17) is 16.3 Å². The van der Waals surface area contributed by atoms with Gasteiger partial charge >= 0.3 is 0 Å². The zero-order chi connectivity index (χ0) is 12.3. The highest BCUT2D eigenvalue weighted by atomic mass is 35.5. The standard InChI is InChI=1S/C12H16ClNO2/c1-12(2,3)11(15)14-10-8(13)6-5-7-9(10)16-4/h5-7H,1-4H3,(H,14,15). The van der Waals surface area contributed by atoms with Crippen molar-refractivity contribution in [2.75, 3.05) is 12.4 Å². The van der Waals surface area contributed by atoms with E-state index in [0.29, 0.717) is 16.5 Å². The molecule has 0 spiro atoms. The predicted octanol–water partition coefficient (Wildman–Crippen LogP) is 3.33. The van der Waals surface area contributed by atoms with Gasteiger partial charge in [0.2, 0.25) is 5.91 Å². The fourth-order valence-corrected chi connectivity index (χ4v) is 1.31. The number of rotatable bonds is 2. The van der Waals surface area contributed by atoms with Gasteiger partial charge in [-0.3, -0.25) is 4.79 Å². The molecule has 0 fully saturated rings. The van der Waals surface area contributed by atoms with E-state index in [2.05, 4.69) is 5.32 Å². The molecule has 0 saturated heterocycles. The van der Waals surface area contributed by atoms with E-state index >= 15 is 0 Å². The first-order valence-electron chi connectivity index (χ1n) is 5.00. The van der Waals surface area contributed by atoms with E-state index in [1.165, 1.54) is 0 Å². The SMILES string of the molecule is COc1cccc(Cl)c1NC(=O)C(C)(C)C. The molecule has 0 aromatic heterocycles. The molecule has 0 aliphatic carbocycles. The number of para-hydroxylation sites is 1. The summed E-state index contributed by atoms with van der Waals surface area (Å²) in [7, 11) is 1.54. The normalized spacial score (nSPS) is 11.1. The molecule has 1 aromatic rings. The second kappa shape index (κ2) is 4.74. The monoisotopic (exact) mass is 241 g/mol. The summed E-state index contributed by atoms with van der Waals surface area (Å²) < 4.78 is 5.14. The number of halogens is 1. The van der Waals surface area contributed by atoms with Crippen molar-refractivity contribution in [3.8, 4) is 5.75 Å². The predicted molar refractivity (Wildman–Crippen MR) is 66.1 cm³/mol. The third-order valence-electron chi connectivity index (χ3n) is 2.12. The zero-order valence-electron chi connectivity index (χ0n) is 9.93. The average molecular weight is 242 g/mol. The number of ether oxygens (including phenoxy) is 1. The molecule has 1 aromatic carbocycles. The first kappa shape index (κ1) is 12.8. The van der Waals surface area contributed by atoms with Gasteiger partial charge in [-0.05, 0) is 12.1 Å². The number of carbonyl (C=O) groups excluding carboxylic acids is 1. The smallest absolute Gasteiger partial charge is 0.229 e. The highest BCUT2D eigenvalue weighted by Crippen LogP contribution is 2.33. The second-order valence-corrected chi connectivity index (χ2v) is 4.93. The van der Waals surface area contributed by atoms with Gasteiger partial charge in [0.25, 0.3) is 0 Å². The van der Waals surface area contributed by atoms with Crippen molar-refractivity contribution in [3.05, 3.63) is 23.2 Å². The molecule has 0 bridgehead atoms. The van der Waals surface area contributed by atoms with E-state index < -0.39 is 5.41 Å². The summed E-state index contributed by atoms with van der Waals surface area (Å²) in [6.07, 6.45) is 0. The Balaban J connectivity index is 3.01. The van der Waals surface area contributed by atoms with Crippen LogP contribution in [0.5, 0.6) is 5.75 Å². The van der Waals surface area contributed by atoms with Crippen LogP contribution in [0.25, 0.3) is 0 Å². The fourth-order valence-electron chi connectivity index (χ4n) is 1.10. The number of methoxy groups -OCH3 is 1. The number of amides is 1. The lowest BCUT2D eigenvalue weighted by atomic mass is 9.95. The topological polar surface area (TPSA) is 38.3 Å². The number of nitrogens with one attached hydrogen (secondary N) is 1. The molecule has 1 N–H and O–H groups in total. The van der Waals surface area contributed by atoms with Gasteiger partial charge in [-0.2, -0.15) is 0 Å². The number of hydrogen-bond donors (Lipinski definition) is 1. The van der Waals surface area contributed by atoms with E-state index in [9.17, 15) is 4.79 Å². The van der Waals surface area contributed by atoms with Crippen molar-refractivity contribution in [2.24, 2.45) is 5.41 Å². The summed E-state index contributed by atoms with van der Waals surface area (Å²) in [5.41, 5.74) is 0.0519. The first-order chi connectivity index (χ1) is 7.36. The Bertz CT molecular complexity index is 396. The summed E-state index contributed by atoms with van der Waals surface area (Å²) in [6.45, 7) is 5.52. The number of hydrogen-bond acceptors (Lipinski definition) is 2. The number of carbonyl (C=O) groups is 1. The van der Waals surface area contributed by atoms with Crippen LogP contribution in [-0.4, -0.2) is 13.0 Å². The van der Waals surface area contributed by atoms with Crippen LogP contribution in [0.1, 0.15) is 20.8 Å². The van der Waals surface area contributed by atoms with Crippen molar-refractivity contribution in [2.45, 2.75) is 20.8 Å². The maximum atomic E-state index is 11.8. The summed E-state index contributed by atoms with van der Waals surface area (Å²) in [6, 6.07) is 5.24. The minimum absolute atomic E-state index is 0.0982. The van der Waals surface area contributed by atoms with Gasteiger partial charge in [0.1, 0.15) is 11.4 Å². The average Bonchev–Trinajstić information content (AvgIpc) is 2.19. The van der Waals surface area contributed by atoms with Crippen molar-refractivity contribution >= 4 is 23.2 Å². The molecular formula is C12H16ClNO2. The minimum atomic E-state index is -0.468. The lowest BCUT2D eigenvalue weighted by molar-refractivity contribution is -0.123. The van der Waals surface area contributed by atoms with Crippen LogP contribution in [0.15, 0.2) is 18.2 Å². The van der Waals surface area contributed by atoms with E-state index in [1.807, 2.05) is 20.8 Å². The lowest BCUT2D eigenvalue weighted by Gasteiger charge is -2.19. The summed E-state index contributed by atoms with van der Waals surface area (Å²) in [5.74, 6) is 0.462. The summed E-state index contributed by atoms with van der Waals surface area (Å²) in [5, 5.41) is 3.24. The Morgan fingerprint density at radius 2 is 2.00 bits per heavy atom. The molecule has 0 aliphatic heterocycles. The zero-order valence-corrected chi connectivity index (χ0v) is 10.7. The molecular weight excluding hydrogens is 226 g/mol. The van der Waals surface area contributed by atoms with Crippen molar-refractivity contribution < 1.29 is 9.53 Å². The van der Waals surface area contributed by atoms with Crippen molar-refractivity contribution in [1.29, 1.82) is 0 Å². The largest absolute Gasteiger partial charge is 0.495 e. The fraction of sp³-hybridized carbons (Fsp3) is 0.417. The maximum absolute atomic E-state index is 11.8. The van der Waals surface area contributed by atoms with Gasteiger partial charge in [0.05, 0.1) is 12.1 Å². The molecule has 0 aliphatic rings. The minimum Gasteiger partial charge on any atom is -0.495 e. The first-order valence-corrected chi connectivity index (χ1v) is 5.38. The van der Waals surface area contributed by atoms with Gasteiger partial charge in [0, 0.05) is 5.41 Å². The van der Waals surface area contributed by atoms with Crippen LogP contribution in [0, 0.1) is 5.41 Å². The van der Waals surface area contributed by atoms with E-state index in [0.717, 1.165) is 0 Å². The maximum Gasteiger partial charge on any atom is 0.229 e. The third-order valence-corrected chi connectivity index (χ3v) is 2.43. The van der Waals surface area contributed by atoms with Crippen LogP contribution < -0.4 is 10.1 Å². The Kier molecular flexibility index (Phi) is 3.81. The second-order valence-electron chi connectivity index (χ2n) is 4.52. The molecule has 0 unspecified atom stereocenters. The van der Waals surface area contributed by atoms with Gasteiger partial charge < -0.3 is 10.1 Å². The van der Waals surface area contributed by atoms with Crippen molar-refractivity contribution in [1.82, 2.24) is 0 Å². The van der Waals surface area contributed by atoms with Crippen LogP contribution in [0.3, 0.4) is 0 Å². The molecule has 3 nitrogen and oxygen atoms in total. The van der Waals surface area contributed by atoms with Crippen LogP contribution in [0.2, 0.25) is 5.02 Å². The Morgan fingerprint density at radius 3 is 2.50 bits per heavy atom. The number of benzene rings is 1. The van der Waals surface area contributed by atoms with Gasteiger partial charge in [-0.1, -0.05) is 38.4 Å². The molecule has 4 heteroatoms. The molecule has 1 rings (SSSR count).